The van der Waals surface area contributed by atoms with Crippen LogP contribution in [0, 0.1) is 0 Å². The Morgan fingerprint density at radius 2 is 1.89 bits per heavy atom. The highest BCUT2D eigenvalue weighted by Gasteiger charge is 2.06. The van der Waals surface area contributed by atoms with Crippen molar-refractivity contribution in [3.05, 3.63) is 29.8 Å². The van der Waals surface area contributed by atoms with E-state index in [-0.39, 0.29) is 6.29 Å². The first-order chi connectivity index (χ1) is 8.67. The minimum atomic E-state index is -0.334. The minimum Gasteiger partial charge on any atom is -0.465 e. The van der Waals surface area contributed by atoms with Crippen LogP contribution < -0.4 is 4.74 Å². The summed E-state index contributed by atoms with van der Waals surface area (Å²) in [5, 5.41) is 0. The summed E-state index contributed by atoms with van der Waals surface area (Å²) in [5.41, 5.74) is 1.32. The second kappa shape index (κ2) is 7.88. The Labute approximate surface area is 109 Å². The Hall–Kier alpha value is -1.35. The van der Waals surface area contributed by atoms with Gasteiger partial charge in [-0.1, -0.05) is 26.0 Å². The van der Waals surface area contributed by atoms with Crippen LogP contribution in [0.25, 0.3) is 0 Å². The monoisotopic (exact) mass is 250 g/mol. The van der Waals surface area contributed by atoms with Gasteiger partial charge < -0.3 is 14.3 Å². The average Bonchev–Trinajstić information content (AvgIpc) is 2.39. The summed E-state index contributed by atoms with van der Waals surface area (Å²) >= 11 is 0. The summed E-state index contributed by atoms with van der Waals surface area (Å²) in [5.74, 6) is 1.36. The van der Waals surface area contributed by atoms with Crippen molar-refractivity contribution in [3.8, 4) is 5.75 Å². The molecule has 0 heterocycles. The highest BCUT2D eigenvalue weighted by molar-refractivity contribution is 5.49. The van der Waals surface area contributed by atoms with Crippen LogP contribution in [0.15, 0.2) is 24.3 Å². The maximum atomic E-state index is 10.2. The molecule has 100 valence electrons. The lowest BCUT2D eigenvalue weighted by Crippen LogP contribution is -2.17. The van der Waals surface area contributed by atoms with Crippen LogP contribution >= 0.6 is 0 Å². The molecule has 1 aromatic carbocycles. The van der Waals surface area contributed by atoms with Crippen LogP contribution in [0.4, 0.5) is 0 Å². The lowest BCUT2D eigenvalue weighted by atomic mass is 9.99. The van der Waals surface area contributed by atoms with Crippen molar-refractivity contribution in [2.75, 3.05) is 6.61 Å². The number of benzene rings is 1. The van der Waals surface area contributed by atoms with E-state index in [0.29, 0.717) is 18.9 Å². The number of carbonyl (C=O) groups is 1. The Kier molecular flexibility index (Phi) is 6.44. The van der Waals surface area contributed by atoms with E-state index in [2.05, 4.69) is 26.0 Å². The van der Waals surface area contributed by atoms with Gasteiger partial charge in [0.25, 0.3) is 0 Å². The fraction of sp³-hybridized carbons (Fsp3) is 0.533. The van der Waals surface area contributed by atoms with E-state index >= 15 is 0 Å². The summed E-state index contributed by atoms with van der Waals surface area (Å²) in [6.45, 7) is 6.61. The van der Waals surface area contributed by atoms with Crippen molar-refractivity contribution in [1.82, 2.24) is 0 Å². The summed E-state index contributed by atoms with van der Waals surface area (Å²) in [6.07, 6.45) is 2.04. The van der Waals surface area contributed by atoms with E-state index in [4.69, 9.17) is 9.47 Å². The lowest BCUT2D eigenvalue weighted by Gasteiger charge is -2.16. The lowest BCUT2D eigenvalue weighted by molar-refractivity contribution is -0.111. The van der Waals surface area contributed by atoms with Gasteiger partial charge in [-0.2, -0.15) is 0 Å². The molecule has 2 unspecified atom stereocenters. The third-order valence-electron chi connectivity index (χ3n) is 2.95. The SMILES string of the molecule is CCC(C)c1ccc(OC(C)OCCC=O)cc1. The Balaban J connectivity index is 2.45. The van der Waals surface area contributed by atoms with Gasteiger partial charge in [-0.15, -0.1) is 0 Å². The second-order valence-electron chi connectivity index (χ2n) is 4.39. The highest BCUT2D eigenvalue weighted by Crippen LogP contribution is 2.22. The van der Waals surface area contributed by atoms with Gasteiger partial charge >= 0.3 is 0 Å². The molecule has 0 aliphatic heterocycles. The first-order valence-corrected chi connectivity index (χ1v) is 6.49. The molecule has 0 spiro atoms. The molecule has 0 amide bonds. The molecule has 0 radical (unpaired) electrons. The van der Waals surface area contributed by atoms with E-state index in [0.717, 1.165) is 18.5 Å². The molecule has 0 bridgehead atoms. The van der Waals surface area contributed by atoms with E-state index in [9.17, 15) is 4.79 Å². The maximum absolute atomic E-state index is 10.2. The van der Waals surface area contributed by atoms with Crippen molar-refractivity contribution >= 4 is 6.29 Å². The zero-order valence-corrected chi connectivity index (χ0v) is 11.4. The molecule has 1 rings (SSSR count). The number of rotatable bonds is 8. The molecule has 0 N–H and O–H groups in total. The summed E-state index contributed by atoms with van der Waals surface area (Å²) in [4.78, 5) is 10.2. The smallest absolute Gasteiger partial charge is 0.196 e. The summed E-state index contributed by atoms with van der Waals surface area (Å²) in [6, 6.07) is 8.09. The molecule has 0 saturated heterocycles. The number of carbonyl (C=O) groups excluding carboxylic acids is 1. The third-order valence-corrected chi connectivity index (χ3v) is 2.95. The van der Waals surface area contributed by atoms with Gasteiger partial charge in [0, 0.05) is 6.42 Å². The normalized spacial score (nSPS) is 13.9. The maximum Gasteiger partial charge on any atom is 0.196 e. The Bertz CT molecular complexity index is 345. The van der Waals surface area contributed by atoms with E-state index in [1.165, 1.54) is 5.56 Å². The predicted molar refractivity (Wildman–Crippen MR) is 71.9 cm³/mol. The zero-order chi connectivity index (χ0) is 13.4. The van der Waals surface area contributed by atoms with Crippen LogP contribution in [0.1, 0.15) is 45.1 Å². The first-order valence-electron chi connectivity index (χ1n) is 6.49. The van der Waals surface area contributed by atoms with Gasteiger partial charge in [0.1, 0.15) is 12.0 Å². The van der Waals surface area contributed by atoms with Crippen molar-refractivity contribution in [2.45, 2.75) is 45.8 Å². The molecule has 0 aliphatic carbocycles. The molecule has 18 heavy (non-hydrogen) atoms. The molecule has 3 nitrogen and oxygen atoms in total. The highest BCUT2D eigenvalue weighted by atomic mass is 16.7. The van der Waals surface area contributed by atoms with Crippen molar-refractivity contribution < 1.29 is 14.3 Å². The van der Waals surface area contributed by atoms with Gasteiger partial charge in [0.15, 0.2) is 6.29 Å². The van der Waals surface area contributed by atoms with Gasteiger partial charge in [-0.25, -0.2) is 0 Å². The van der Waals surface area contributed by atoms with E-state index < -0.39 is 0 Å². The second-order valence-corrected chi connectivity index (χ2v) is 4.39. The topological polar surface area (TPSA) is 35.5 Å². The molecule has 0 fully saturated rings. The van der Waals surface area contributed by atoms with Crippen LogP contribution in [0.2, 0.25) is 0 Å². The minimum absolute atomic E-state index is 0.334. The molecule has 3 heteroatoms. The standard InChI is InChI=1S/C15H22O3/c1-4-12(2)14-6-8-15(9-7-14)18-13(3)17-11-5-10-16/h6-10,12-13H,4-5,11H2,1-3H3. The third kappa shape index (κ3) is 4.88. The van der Waals surface area contributed by atoms with Gasteiger partial charge in [0.05, 0.1) is 6.61 Å². The number of aldehydes is 1. The molecule has 1 aromatic rings. The van der Waals surface area contributed by atoms with Crippen LogP contribution in [0.3, 0.4) is 0 Å². The van der Waals surface area contributed by atoms with Crippen molar-refractivity contribution in [1.29, 1.82) is 0 Å². The van der Waals surface area contributed by atoms with Crippen LogP contribution in [-0.4, -0.2) is 19.2 Å². The quantitative estimate of drug-likeness (QED) is 0.402. The van der Waals surface area contributed by atoms with Crippen LogP contribution in [-0.2, 0) is 9.53 Å². The number of ether oxygens (including phenoxy) is 2. The van der Waals surface area contributed by atoms with Crippen molar-refractivity contribution in [3.63, 3.8) is 0 Å². The average molecular weight is 250 g/mol. The Morgan fingerprint density at radius 3 is 2.44 bits per heavy atom. The van der Waals surface area contributed by atoms with Gasteiger partial charge in [-0.3, -0.25) is 0 Å². The number of hydrogen-bond donors (Lipinski definition) is 0. The van der Waals surface area contributed by atoms with E-state index in [1.54, 1.807) is 0 Å². The summed E-state index contributed by atoms with van der Waals surface area (Å²) in [7, 11) is 0. The Morgan fingerprint density at radius 1 is 1.22 bits per heavy atom. The van der Waals surface area contributed by atoms with Gasteiger partial charge in [0.2, 0.25) is 0 Å². The largest absolute Gasteiger partial charge is 0.465 e. The zero-order valence-electron chi connectivity index (χ0n) is 11.4. The van der Waals surface area contributed by atoms with Gasteiger partial charge in [-0.05, 0) is 37.0 Å². The van der Waals surface area contributed by atoms with Crippen molar-refractivity contribution in [2.24, 2.45) is 0 Å². The number of hydrogen-bond acceptors (Lipinski definition) is 3. The first kappa shape index (κ1) is 14.7. The fourth-order valence-corrected chi connectivity index (χ4v) is 1.62. The molecular formula is C15H22O3. The summed E-state index contributed by atoms with van der Waals surface area (Å²) < 4.78 is 10.9. The molecule has 0 aliphatic rings. The molecule has 2 atom stereocenters. The molecular weight excluding hydrogens is 228 g/mol. The van der Waals surface area contributed by atoms with Crippen LogP contribution in [0.5, 0.6) is 5.75 Å². The molecule has 0 saturated carbocycles. The predicted octanol–water partition coefficient (Wildman–Crippen LogP) is 3.53. The van der Waals surface area contributed by atoms with E-state index in [1.807, 2.05) is 19.1 Å². The fourth-order valence-electron chi connectivity index (χ4n) is 1.62. The molecule has 0 aromatic heterocycles.